The smallest absolute Gasteiger partial charge is 0.147 e. The highest BCUT2D eigenvalue weighted by atomic mass is 16.7. The topological polar surface area (TPSA) is 44.5 Å². The molecular formula is C12H17NO2. The van der Waals surface area contributed by atoms with Crippen LogP contribution in [0.5, 0.6) is 0 Å². The van der Waals surface area contributed by atoms with Gasteiger partial charge >= 0.3 is 0 Å². The van der Waals surface area contributed by atoms with E-state index in [2.05, 4.69) is 31.2 Å². The summed E-state index contributed by atoms with van der Waals surface area (Å²) in [6, 6.07) is 8.44. The molecule has 0 aliphatic carbocycles. The molecule has 0 aromatic heterocycles. The third-order valence-electron chi connectivity index (χ3n) is 2.85. The molecule has 0 saturated carbocycles. The van der Waals surface area contributed by atoms with Crippen LogP contribution in [-0.2, 0) is 9.47 Å². The fourth-order valence-electron chi connectivity index (χ4n) is 1.70. The molecule has 3 heteroatoms. The molecule has 1 aliphatic heterocycles. The minimum atomic E-state index is 0.104. The molecule has 2 atom stereocenters. The summed E-state index contributed by atoms with van der Waals surface area (Å²) in [6.45, 7) is 3.88. The summed E-state index contributed by atoms with van der Waals surface area (Å²) in [5.41, 5.74) is 8.08. The monoisotopic (exact) mass is 207 g/mol. The quantitative estimate of drug-likeness (QED) is 0.822. The van der Waals surface area contributed by atoms with Gasteiger partial charge in [0.05, 0.1) is 6.61 Å². The average molecular weight is 207 g/mol. The van der Waals surface area contributed by atoms with E-state index in [0.29, 0.717) is 25.9 Å². The Morgan fingerprint density at radius 2 is 2.13 bits per heavy atom. The van der Waals surface area contributed by atoms with Gasteiger partial charge in [0.1, 0.15) is 12.9 Å². The summed E-state index contributed by atoms with van der Waals surface area (Å²) in [7, 11) is 0. The van der Waals surface area contributed by atoms with Gasteiger partial charge in [0.25, 0.3) is 0 Å². The van der Waals surface area contributed by atoms with E-state index in [1.54, 1.807) is 0 Å². The molecule has 0 spiro atoms. The SMILES string of the molecule is CC(CN)c1ccc(C2COCO2)cc1. The van der Waals surface area contributed by atoms with Gasteiger partial charge in [-0.2, -0.15) is 0 Å². The predicted molar refractivity (Wildman–Crippen MR) is 58.6 cm³/mol. The second-order valence-corrected chi connectivity index (χ2v) is 3.95. The summed E-state index contributed by atoms with van der Waals surface area (Å²) in [4.78, 5) is 0. The molecule has 1 saturated heterocycles. The van der Waals surface area contributed by atoms with Gasteiger partial charge in [0.15, 0.2) is 0 Å². The maximum Gasteiger partial charge on any atom is 0.147 e. The lowest BCUT2D eigenvalue weighted by atomic mass is 9.99. The lowest BCUT2D eigenvalue weighted by molar-refractivity contribution is 0.0466. The van der Waals surface area contributed by atoms with E-state index in [9.17, 15) is 0 Å². The van der Waals surface area contributed by atoms with Crippen molar-refractivity contribution in [3.63, 3.8) is 0 Å². The molecular weight excluding hydrogens is 190 g/mol. The predicted octanol–water partition coefficient (Wildman–Crippen LogP) is 1.79. The standard InChI is InChI=1S/C12H17NO2/c1-9(6-13)10-2-4-11(5-3-10)12-7-14-8-15-12/h2-5,9,12H,6-8,13H2,1H3. The van der Waals surface area contributed by atoms with E-state index in [1.807, 2.05) is 0 Å². The third-order valence-corrected chi connectivity index (χ3v) is 2.85. The van der Waals surface area contributed by atoms with Crippen LogP contribution in [0.15, 0.2) is 24.3 Å². The van der Waals surface area contributed by atoms with Crippen molar-refractivity contribution in [3.8, 4) is 0 Å². The molecule has 82 valence electrons. The summed E-state index contributed by atoms with van der Waals surface area (Å²) >= 11 is 0. The van der Waals surface area contributed by atoms with Crippen molar-refractivity contribution >= 4 is 0 Å². The van der Waals surface area contributed by atoms with Crippen LogP contribution in [0.2, 0.25) is 0 Å². The minimum Gasteiger partial charge on any atom is -0.352 e. The molecule has 1 fully saturated rings. The Kier molecular flexibility index (Phi) is 3.36. The zero-order valence-corrected chi connectivity index (χ0v) is 8.98. The molecule has 2 N–H and O–H groups in total. The highest BCUT2D eigenvalue weighted by Gasteiger charge is 2.18. The first-order valence-corrected chi connectivity index (χ1v) is 5.30. The second-order valence-electron chi connectivity index (χ2n) is 3.95. The molecule has 0 radical (unpaired) electrons. The van der Waals surface area contributed by atoms with Crippen molar-refractivity contribution in [1.82, 2.24) is 0 Å². The van der Waals surface area contributed by atoms with Crippen LogP contribution in [0, 0.1) is 0 Å². The molecule has 1 aromatic carbocycles. The summed E-state index contributed by atoms with van der Waals surface area (Å²) in [5, 5.41) is 0. The van der Waals surface area contributed by atoms with E-state index in [-0.39, 0.29) is 6.10 Å². The van der Waals surface area contributed by atoms with E-state index in [1.165, 1.54) is 11.1 Å². The molecule has 2 unspecified atom stereocenters. The lowest BCUT2D eigenvalue weighted by Gasteiger charge is -2.11. The van der Waals surface area contributed by atoms with Crippen molar-refractivity contribution < 1.29 is 9.47 Å². The Hall–Kier alpha value is -0.900. The average Bonchev–Trinajstić information content (AvgIpc) is 2.82. The van der Waals surface area contributed by atoms with E-state index < -0.39 is 0 Å². The van der Waals surface area contributed by atoms with Crippen molar-refractivity contribution in [2.45, 2.75) is 18.9 Å². The van der Waals surface area contributed by atoms with Gasteiger partial charge in [-0.25, -0.2) is 0 Å². The molecule has 1 heterocycles. The normalized spacial score (nSPS) is 22.9. The molecule has 3 nitrogen and oxygen atoms in total. The van der Waals surface area contributed by atoms with Crippen molar-refractivity contribution in [1.29, 1.82) is 0 Å². The van der Waals surface area contributed by atoms with Crippen LogP contribution in [0.3, 0.4) is 0 Å². The number of rotatable bonds is 3. The first-order valence-electron chi connectivity index (χ1n) is 5.30. The van der Waals surface area contributed by atoms with Crippen molar-refractivity contribution in [2.75, 3.05) is 19.9 Å². The van der Waals surface area contributed by atoms with Crippen LogP contribution in [0.25, 0.3) is 0 Å². The first kappa shape index (κ1) is 10.6. The Morgan fingerprint density at radius 1 is 1.40 bits per heavy atom. The zero-order chi connectivity index (χ0) is 10.7. The molecule has 1 aromatic rings. The van der Waals surface area contributed by atoms with Gasteiger partial charge in [-0.15, -0.1) is 0 Å². The van der Waals surface area contributed by atoms with Gasteiger partial charge in [-0.1, -0.05) is 31.2 Å². The van der Waals surface area contributed by atoms with Crippen molar-refractivity contribution in [2.24, 2.45) is 5.73 Å². The highest BCUT2D eigenvalue weighted by molar-refractivity contribution is 5.27. The fraction of sp³-hybridized carbons (Fsp3) is 0.500. The maximum atomic E-state index is 5.62. The van der Waals surface area contributed by atoms with Crippen LogP contribution >= 0.6 is 0 Å². The van der Waals surface area contributed by atoms with Gasteiger partial charge in [0, 0.05) is 0 Å². The molecule has 2 rings (SSSR count). The van der Waals surface area contributed by atoms with Crippen molar-refractivity contribution in [3.05, 3.63) is 35.4 Å². The third kappa shape index (κ3) is 2.37. The molecule has 0 bridgehead atoms. The van der Waals surface area contributed by atoms with E-state index in [0.717, 1.165) is 0 Å². The van der Waals surface area contributed by atoms with Crippen LogP contribution in [0.1, 0.15) is 30.1 Å². The molecule has 1 aliphatic rings. The maximum absolute atomic E-state index is 5.62. The first-order chi connectivity index (χ1) is 7.31. The van der Waals surface area contributed by atoms with Crippen LogP contribution in [0.4, 0.5) is 0 Å². The van der Waals surface area contributed by atoms with Gasteiger partial charge in [-0.05, 0) is 23.6 Å². The number of hydrogen-bond donors (Lipinski definition) is 1. The fourth-order valence-corrected chi connectivity index (χ4v) is 1.70. The minimum absolute atomic E-state index is 0.104. The lowest BCUT2D eigenvalue weighted by Crippen LogP contribution is -2.09. The Labute approximate surface area is 90.2 Å². The Balaban J connectivity index is 2.09. The summed E-state index contributed by atoms with van der Waals surface area (Å²) < 4.78 is 10.6. The zero-order valence-electron chi connectivity index (χ0n) is 8.98. The van der Waals surface area contributed by atoms with Gasteiger partial charge < -0.3 is 15.2 Å². The van der Waals surface area contributed by atoms with Gasteiger partial charge in [-0.3, -0.25) is 0 Å². The van der Waals surface area contributed by atoms with E-state index in [4.69, 9.17) is 15.2 Å². The Morgan fingerprint density at radius 3 is 2.67 bits per heavy atom. The second kappa shape index (κ2) is 4.75. The number of benzene rings is 1. The highest BCUT2D eigenvalue weighted by Crippen LogP contribution is 2.24. The van der Waals surface area contributed by atoms with Crippen LogP contribution in [-0.4, -0.2) is 19.9 Å². The summed E-state index contributed by atoms with van der Waals surface area (Å²) in [6.07, 6.45) is 0.104. The molecule has 0 amide bonds. The van der Waals surface area contributed by atoms with E-state index >= 15 is 0 Å². The molecule has 15 heavy (non-hydrogen) atoms. The number of hydrogen-bond acceptors (Lipinski definition) is 3. The van der Waals surface area contributed by atoms with Crippen LogP contribution < -0.4 is 5.73 Å². The number of ether oxygens (including phenoxy) is 2. The largest absolute Gasteiger partial charge is 0.352 e. The Bertz CT molecular complexity index is 304. The summed E-state index contributed by atoms with van der Waals surface area (Å²) in [5.74, 6) is 0.416. The number of nitrogens with two attached hydrogens (primary N) is 1. The van der Waals surface area contributed by atoms with Gasteiger partial charge in [0.2, 0.25) is 0 Å².